The molecule has 1 aliphatic heterocycles. The zero-order valence-electron chi connectivity index (χ0n) is 11.6. The lowest BCUT2D eigenvalue weighted by Gasteiger charge is -2.28. The number of hydrogen-bond donors (Lipinski definition) is 2. The highest BCUT2D eigenvalue weighted by atomic mass is 32.1. The molecule has 1 saturated heterocycles. The SMILES string of the molecule is Cc1nnc(CNC(=O)c2ccccc2NC2COC2)s1. The molecule has 0 spiro atoms. The molecule has 0 saturated carbocycles. The number of hydrogen-bond acceptors (Lipinski definition) is 6. The Hall–Kier alpha value is -1.99. The Bertz CT molecular complexity index is 639. The van der Waals surface area contributed by atoms with Crippen LogP contribution >= 0.6 is 11.3 Å². The van der Waals surface area contributed by atoms with Crippen LogP contribution in [0.4, 0.5) is 5.69 Å². The number of carbonyl (C=O) groups excluding carboxylic acids is 1. The standard InChI is InChI=1S/C14H16N4O2S/c1-9-17-18-13(21-9)6-15-14(19)11-4-2-3-5-12(11)16-10-7-20-8-10/h2-5,10,16H,6-8H2,1H3,(H,15,19). The van der Waals surface area contributed by atoms with E-state index >= 15 is 0 Å². The second-order valence-corrected chi connectivity index (χ2v) is 6.09. The van der Waals surface area contributed by atoms with E-state index < -0.39 is 0 Å². The van der Waals surface area contributed by atoms with Crippen molar-refractivity contribution in [3.05, 3.63) is 39.8 Å². The number of nitrogens with zero attached hydrogens (tertiary/aromatic N) is 2. The Balaban J connectivity index is 1.65. The predicted molar refractivity (Wildman–Crippen MR) is 80.5 cm³/mol. The Morgan fingerprint density at radius 2 is 2.19 bits per heavy atom. The van der Waals surface area contributed by atoms with Crippen molar-refractivity contribution in [1.82, 2.24) is 15.5 Å². The van der Waals surface area contributed by atoms with Crippen molar-refractivity contribution in [2.24, 2.45) is 0 Å². The van der Waals surface area contributed by atoms with Gasteiger partial charge in [0.2, 0.25) is 0 Å². The molecule has 0 bridgehead atoms. The summed E-state index contributed by atoms with van der Waals surface area (Å²) in [4.78, 5) is 12.3. The molecule has 3 rings (SSSR count). The fraction of sp³-hybridized carbons (Fsp3) is 0.357. The lowest BCUT2D eigenvalue weighted by atomic mass is 10.1. The highest BCUT2D eigenvalue weighted by molar-refractivity contribution is 7.11. The van der Waals surface area contributed by atoms with Gasteiger partial charge in [-0.1, -0.05) is 23.5 Å². The molecule has 110 valence electrons. The highest BCUT2D eigenvalue weighted by Crippen LogP contribution is 2.18. The normalized spacial score (nSPS) is 14.5. The molecule has 2 heterocycles. The van der Waals surface area contributed by atoms with Gasteiger partial charge in [0, 0.05) is 5.69 Å². The van der Waals surface area contributed by atoms with E-state index in [1.807, 2.05) is 31.2 Å². The topological polar surface area (TPSA) is 76.1 Å². The van der Waals surface area contributed by atoms with E-state index in [-0.39, 0.29) is 11.9 Å². The molecule has 0 aliphatic carbocycles. The summed E-state index contributed by atoms with van der Waals surface area (Å²) in [5, 5.41) is 15.8. The van der Waals surface area contributed by atoms with Gasteiger partial charge in [0.15, 0.2) is 0 Å². The third-order valence-corrected chi connectivity index (χ3v) is 3.98. The number of aryl methyl sites for hydroxylation is 1. The number of aromatic nitrogens is 2. The third kappa shape index (κ3) is 3.37. The molecule has 2 aromatic rings. The molecule has 1 aromatic carbocycles. The first kappa shape index (κ1) is 14.0. The van der Waals surface area contributed by atoms with Gasteiger partial charge in [0.1, 0.15) is 10.0 Å². The Labute approximate surface area is 126 Å². The van der Waals surface area contributed by atoms with Crippen molar-refractivity contribution in [1.29, 1.82) is 0 Å². The average Bonchev–Trinajstić information content (AvgIpc) is 2.86. The number of nitrogens with one attached hydrogen (secondary N) is 2. The minimum atomic E-state index is -0.119. The van der Waals surface area contributed by atoms with Gasteiger partial charge in [-0.15, -0.1) is 10.2 Å². The van der Waals surface area contributed by atoms with Crippen molar-refractivity contribution in [3.8, 4) is 0 Å². The van der Waals surface area contributed by atoms with E-state index in [4.69, 9.17) is 4.74 Å². The molecule has 0 unspecified atom stereocenters. The zero-order valence-corrected chi connectivity index (χ0v) is 12.4. The summed E-state index contributed by atoms with van der Waals surface area (Å²) < 4.78 is 5.14. The minimum Gasteiger partial charge on any atom is -0.377 e. The molecular weight excluding hydrogens is 288 g/mol. The number of ether oxygens (including phenoxy) is 1. The zero-order chi connectivity index (χ0) is 14.7. The lowest BCUT2D eigenvalue weighted by Crippen LogP contribution is -2.40. The van der Waals surface area contributed by atoms with Gasteiger partial charge in [-0.05, 0) is 19.1 Å². The lowest BCUT2D eigenvalue weighted by molar-refractivity contribution is 0.0210. The number of anilines is 1. The minimum absolute atomic E-state index is 0.119. The second-order valence-electron chi connectivity index (χ2n) is 4.82. The van der Waals surface area contributed by atoms with Gasteiger partial charge >= 0.3 is 0 Å². The highest BCUT2D eigenvalue weighted by Gasteiger charge is 2.20. The third-order valence-electron chi connectivity index (χ3n) is 3.14. The summed E-state index contributed by atoms with van der Waals surface area (Å²) in [6.45, 7) is 3.65. The van der Waals surface area contributed by atoms with Crippen LogP contribution in [0.2, 0.25) is 0 Å². The Morgan fingerprint density at radius 1 is 1.38 bits per heavy atom. The molecule has 1 fully saturated rings. The van der Waals surface area contributed by atoms with Crippen LogP contribution in [0.5, 0.6) is 0 Å². The van der Waals surface area contributed by atoms with Crippen LogP contribution in [0.15, 0.2) is 24.3 Å². The Morgan fingerprint density at radius 3 is 2.86 bits per heavy atom. The fourth-order valence-corrected chi connectivity index (χ4v) is 2.65. The van der Waals surface area contributed by atoms with E-state index in [1.165, 1.54) is 11.3 Å². The first-order chi connectivity index (χ1) is 10.2. The number of amides is 1. The first-order valence-electron chi connectivity index (χ1n) is 6.73. The summed E-state index contributed by atoms with van der Waals surface area (Å²) in [6, 6.07) is 7.76. The maximum atomic E-state index is 12.3. The van der Waals surface area contributed by atoms with Crippen molar-refractivity contribution in [2.75, 3.05) is 18.5 Å². The Kier molecular flexibility index (Phi) is 4.12. The number of benzene rings is 1. The van der Waals surface area contributed by atoms with Crippen LogP contribution in [0.1, 0.15) is 20.4 Å². The van der Waals surface area contributed by atoms with Crippen LogP contribution in [0.25, 0.3) is 0 Å². The molecule has 0 radical (unpaired) electrons. The van der Waals surface area contributed by atoms with Crippen molar-refractivity contribution >= 4 is 22.9 Å². The molecule has 0 atom stereocenters. The fourth-order valence-electron chi connectivity index (χ4n) is 2.01. The van der Waals surface area contributed by atoms with Crippen LogP contribution in [0.3, 0.4) is 0 Å². The maximum absolute atomic E-state index is 12.3. The van der Waals surface area contributed by atoms with Crippen molar-refractivity contribution in [3.63, 3.8) is 0 Å². The number of carbonyl (C=O) groups is 1. The van der Waals surface area contributed by atoms with E-state index in [0.29, 0.717) is 25.3 Å². The predicted octanol–water partition coefficient (Wildman–Crippen LogP) is 1.59. The maximum Gasteiger partial charge on any atom is 0.253 e. The summed E-state index contributed by atoms with van der Waals surface area (Å²) in [5.41, 5.74) is 1.46. The van der Waals surface area contributed by atoms with Crippen LogP contribution < -0.4 is 10.6 Å². The summed E-state index contributed by atoms with van der Waals surface area (Å²) in [5.74, 6) is -0.119. The quantitative estimate of drug-likeness (QED) is 0.877. The first-order valence-corrected chi connectivity index (χ1v) is 7.54. The molecule has 1 aliphatic rings. The number of para-hydroxylation sites is 1. The summed E-state index contributed by atoms with van der Waals surface area (Å²) in [7, 11) is 0. The van der Waals surface area contributed by atoms with Gasteiger partial charge in [0.05, 0.1) is 31.4 Å². The van der Waals surface area contributed by atoms with E-state index in [2.05, 4.69) is 20.8 Å². The smallest absolute Gasteiger partial charge is 0.253 e. The molecular formula is C14H16N4O2S. The largest absolute Gasteiger partial charge is 0.377 e. The molecule has 6 nitrogen and oxygen atoms in total. The van der Waals surface area contributed by atoms with Crippen LogP contribution in [0, 0.1) is 6.92 Å². The summed E-state index contributed by atoms with van der Waals surface area (Å²) >= 11 is 1.48. The van der Waals surface area contributed by atoms with Crippen LogP contribution in [-0.4, -0.2) is 35.4 Å². The van der Waals surface area contributed by atoms with E-state index in [0.717, 1.165) is 15.7 Å². The monoisotopic (exact) mass is 304 g/mol. The summed E-state index contributed by atoms with van der Waals surface area (Å²) in [6.07, 6.45) is 0. The molecule has 2 N–H and O–H groups in total. The van der Waals surface area contributed by atoms with Crippen LogP contribution in [-0.2, 0) is 11.3 Å². The molecule has 1 amide bonds. The number of rotatable bonds is 5. The molecule has 7 heteroatoms. The molecule has 21 heavy (non-hydrogen) atoms. The van der Waals surface area contributed by atoms with Crippen molar-refractivity contribution < 1.29 is 9.53 Å². The van der Waals surface area contributed by atoms with E-state index in [1.54, 1.807) is 0 Å². The van der Waals surface area contributed by atoms with E-state index in [9.17, 15) is 4.79 Å². The van der Waals surface area contributed by atoms with Gasteiger partial charge in [0.25, 0.3) is 5.91 Å². The average molecular weight is 304 g/mol. The van der Waals surface area contributed by atoms with Gasteiger partial charge in [-0.3, -0.25) is 4.79 Å². The van der Waals surface area contributed by atoms with Gasteiger partial charge < -0.3 is 15.4 Å². The second kappa shape index (κ2) is 6.19. The van der Waals surface area contributed by atoms with Gasteiger partial charge in [-0.25, -0.2) is 0 Å². The van der Waals surface area contributed by atoms with Gasteiger partial charge in [-0.2, -0.15) is 0 Å². The van der Waals surface area contributed by atoms with Crippen molar-refractivity contribution in [2.45, 2.75) is 19.5 Å². The molecule has 1 aromatic heterocycles.